The van der Waals surface area contributed by atoms with Crippen molar-refractivity contribution in [2.45, 2.75) is 12.5 Å². The van der Waals surface area contributed by atoms with Gasteiger partial charge in [-0.25, -0.2) is 9.78 Å². The Balaban J connectivity index is 3.28. The van der Waals surface area contributed by atoms with Crippen LogP contribution in [0.25, 0.3) is 0 Å². The second kappa shape index (κ2) is 3.66. The largest absolute Gasteiger partial charge is 0.480 e. The van der Waals surface area contributed by atoms with Crippen LogP contribution >= 0.6 is 0 Å². The zero-order valence-corrected chi connectivity index (χ0v) is 8.10. The molecule has 0 fully saturated rings. The molecule has 0 spiro atoms. The molecular formula is C9H11N3O3. The topological polar surface area (TPSA) is 119 Å². The third kappa shape index (κ3) is 1.94. The van der Waals surface area contributed by atoms with E-state index in [2.05, 4.69) is 4.98 Å². The van der Waals surface area contributed by atoms with Crippen molar-refractivity contribution in [1.29, 1.82) is 0 Å². The van der Waals surface area contributed by atoms with E-state index in [9.17, 15) is 9.59 Å². The van der Waals surface area contributed by atoms with E-state index in [1.165, 1.54) is 19.2 Å². The molecule has 0 aliphatic rings. The number of aromatic nitrogens is 1. The maximum atomic E-state index is 10.8. The van der Waals surface area contributed by atoms with E-state index >= 15 is 0 Å². The Morgan fingerprint density at radius 1 is 1.67 bits per heavy atom. The molecule has 0 radical (unpaired) electrons. The summed E-state index contributed by atoms with van der Waals surface area (Å²) >= 11 is 0. The van der Waals surface area contributed by atoms with Gasteiger partial charge >= 0.3 is 5.97 Å². The summed E-state index contributed by atoms with van der Waals surface area (Å²) in [7, 11) is 0. The van der Waals surface area contributed by atoms with Gasteiger partial charge in [-0.15, -0.1) is 0 Å². The highest BCUT2D eigenvalue weighted by Crippen LogP contribution is 2.19. The monoisotopic (exact) mass is 209 g/mol. The number of hydrogen-bond donors (Lipinski definition) is 3. The smallest absolute Gasteiger partial charge is 0.328 e. The first-order valence-corrected chi connectivity index (χ1v) is 4.13. The Hall–Kier alpha value is -1.95. The van der Waals surface area contributed by atoms with Gasteiger partial charge in [0.2, 0.25) is 0 Å². The van der Waals surface area contributed by atoms with Crippen molar-refractivity contribution in [2.75, 3.05) is 5.73 Å². The Morgan fingerprint density at radius 2 is 2.27 bits per heavy atom. The number of aldehydes is 1. The number of pyridine rings is 1. The minimum atomic E-state index is -1.58. The zero-order chi connectivity index (χ0) is 11.6. The number of nitrogens with zero attached hydrogens (tertiary/aromatic N) is 1. The Morgan fingerprint density at radius 3 is 2.73 bits per heavy atom. The summed E-state index contributed by atoms with van der Waals surface area (Å²) in [6.07, 6.45) is 1.75. The summed E-state index contributed by atoms with van der Waals surface area (Å²) in [5.41, 5.74) is 9.72. The molecule has 1 rings (SSSR count). The molecular weight excluding hydrogens is 198 g/mol. The van der Waals surface area contributed by atoms with Crippen LogP contribution in [0.2, 0.25) is 0 Å². The SMILES string of the molecule is C[C@@](N)(C(=O)O)c1cnc(N)c(C=O)c1. The van der Waals surface area contributed by atoms with Crippen LogP contribution in [0.4, 0.5) is 5.82 Å². The van der Waals surface area contributed by atoms with Gasteiger partial charge in [0.1, 0.15) is 11.4 Å². The van der Waals surface area contributed by atoms with E-state index in [0.29, 0.717) is 6.29 Å². The summed E-state index contributed by atoms with van der Waals surface area (Å²) in [5, 5.41) is 8.86. The molecule has 1 aromatic heterocycles. The first kappa shape index (κ1) is 11.1. The molecule has 1 atom stereocenters. The fourth-order valence-corrected chi connectivity index (χ4v) is 0.994. The van der Waals surface area contributed by atoms with Gasteiger partial charge in [0, 0.05) is 11.8 Å². The normalized spacial score (nSPS) is 14.3. The average molecular weight is 209 g/mol. The van der Waals surface area contributed by atoms with E-state index in [0.717, 1.165) is 0 Å². The molecule has 0 amide bonds. The predicted molar refractivity (Wildman–Crippen MR) is 53.2 cm³/mol. The molecule has 80 valence electrons. The highest BCUT2D eigenvalue weighted by molar-refractivity contribution is 5.84. The number of nitrogens with two attached hydrogens (primary N) is 2. The van der Waals surface area contributed by atoms with Gasteiger partial charge in [0.25, 0.3) is 0 Å². The van der Waals surface area contributed by atoms with Crippen molar-refractivity contribution in [3.05, 3.63) is 23.4 Å². The van der Waals surface area contributed by atoms with Crippen LogP contribution in [0, 0.1) is 0 Å². The maximum absolute atomic E-state index is 10.8. The number of carbonyl (C=O) groups is 2. The lowest BCUT2D eigenvalue weighted by molar-refractivity contribution is -0.143. The van der Waals surface area contributed by atoms with E-state index in [1.807, 2.05) is 0 Å². The maximum Gasteiger partial charge on any atom is 0.328 e. The highest BCUT2D eigenvalue weighted by Gasteiger charge is 2.31. The molecule has 0 aliphatic carbocycles. The molecule has 15 heavy (non-hydrogen) atoms. The van der Waals surface area contributed by atoms with E-state index in [1.54, 1.807) is 0 Å². The van der Waals surface area contributed by atoms with Gasteiger partial charge in [-0.2, -0.15) is 0 Å². The van der Waals surface area contributed by atoms with Crippen molar-refractivity contribution in [1.82, 2.24) is 4.98 Å². The molecule has 0 aromatic carbocycles. The quantitative estimate of drug-likeness (QED) is 0.590. The molecule has 6 nitrogen and oxygen atoms in total. The van der Waals surface area contributed by atoms with E-state index in [-0.39, 0.29) is 16.9 Å². The molecule has 5 N–H and O–H groups in total. The van der Waals surface area contributed by atoms with Crippen molar-refractivity contribution in [3.63, 3.8) is 0 Å². The van der Waals surface area contributed by atoms with Crippen LogP contribution in [0.5, 0.6) is 0 Å². The minimum Gasteiger partial charge on any atom is -0.480 e. The Labute approximate surface area is 85.9 Å². The van der Waals surface area contributed by atoms with Crippen molar-refractivity contribution >= 4 is 18.1 Å². The number of carboxylic acids is 1. The van der Waals surface area contributed by atoms with Crippen LogP contribution < -0.4 is 11.5 Å². The van der Waals surface area contributed by atoms with Crippen LogP contribution in [-0.4, -0.2) is 22.3 Å². The fourth-order valence-electron chi connectivity index (χ4n) is 0.994. The van der Waals surface area contributed by atoms with Gasteiger partial charge in [0.15, 0.2) is 6.29 Å². The zero-order valence-electron chi connectivity index (χ0n) is 8.10. The summed E-state index contributed by atoms with van der Waals surface area (Å²) in [6.45, 7) is 1.32. The summed E-state index contributed by atoms with van der Waals surface area (Å²) in [6, 6.07) is 1.32. The van der Waals surface area contributed by atoms with Gasteiger partial charge in [-0.05, 0) is 13.0 Å². The summed E-state index contributed by atoms with van der Waals surface area (Å²) < 4.78 is 0. The van der Waals surface area contributed by atoms with Gasteiger partial charge in [-0.1, -0.05) is 0 Å². The Bertz CT molecular complexity index is 415. The first-order chi connectivity index (χ1) is 6.89. The first-order valence-electron chi connectivity index (χ1n) is 4.13. The van der Waals surface area contributed by atoms with Crippen LogP contribution in [0.3, 0.4) is 0 Å². The number of nitrogen functional groups attached to an aromatic ring is 1. The lowest BCUT2D eigenvalue weighted by atomic mass is 9.94. The van der Waals surface area contributed by atoms with Crippen LogP contribution in [0.1, 0.15) is 22.8 Å². The number of hydrogen-bond acceptors (Lipinski definition) is 5. The average Bonchev–Trinajstić information content (AvgIpc) is 2.18. The Kier molecular flexibility index (Phi) is 2.71. The summed E-state index contributed by atoms with van der Waals surface area (Å²) in [4.78, 5) is 25.1. The second-order valence-electron chi connectivity index (χ2n) is 3.32. The van der Waals surface area contributed by atoms with Gasteiger partial charge in [0.05, 0.1) is 5.56 Å². The lowest BCUT2D eigenvalue weighted by Crippen LogP contribution is -2.41. The predicted octanol–water partition coefficient (Wildman–Crippen LogP) is -0.265. The molecule has 0 saturated heterocycles. The number of anilines is 1. The third-order valence-electron chi connectivity index (χ3n) is 2.12. The molecule has 1 heterocycles. The minimum absolute atomic E-state index is 0.0509. The van der Waals surface area contributed by atoms with Crippen LogP contribution in [0.15, 0.2) is 12.3 Å². The van der Waals surface area contributed by atoms with Crippen molar-refractivity contribution in [3.8, 4) is 0 Å². The van der Waals surface area contributed by atoms with Crippen molar-refractivity contribution in [2.24, 2.45) is 5.73 Å². The van der Waals surface area contributed by atoms with Crippen molar-refractivity contribution < 1.29 is 14.7 Å². The van der Waals surface area contributed by atoms with Gasteiger partial charge < -0.3 is 16.6 Å². The second-order valence-corrected chi connectivity index (χ2v) is 3.32. The standard InChI is InChI=1S/C9H11N3O3/c1-9(11,8(14)15)6-2-5(4-13)7(10)12-3-6/h2-4H,11H2,1H3,(H2,10,12)(H,14,15)/t9-/m0/s1. The molecule has 0 bridgehead atoms. The third-order valence-corrected chi connectivity index (χ3v) is 2.12. The van der Waals surface area contributed by atoms with Crippen LogP contribution in [-0.2, 0) is 10.3 Å². The molecule has 1 aromatic rings. The lowest BCUT2D eigenvalue weighted by Gasteiger charge is -2.19. The number of carbonyl (C=O) groups excluding carboxylic acids is 1. The summed E-state index contributed by atoms with van der Waals surface area (Å²) in [5.74, 6) is -1.15. The highest BCUT2D eigenvalue weighted by atomic mass is 16.4. The molecule has 6 heteroatoms. The van der Waals surface area contributed by atoms with E-state index in [4.69, 9.17) is 16.6 Å². The number of aliphatic carboxylic acids is 1. The molecule has 0 unspecified atom stereocenters. The number of rotatable bonds is 3. The van der Waals surface area contributed by atoms with Gasteiger partial charge in [-0.3, -0.25) is 4.79 Å². The fraction of sp³-hybridized carbons (Fsp3) is 0.222. The number of carboxylic acid groups (broad SMARTS) is 1. The molecule has 0 aliphatic heterocycles. The molecule has 0 saturated carbocycles. The van der Waals surface area contributed by atoms with E-state index < -0.39 is 11.5 Å².